The third kappa shape index (κ3) is 1.21. The average Bonchev–Trinajstić information content (AvgIpc) is 1.88. The van der Waals surface area contributed by atoms with Crippen LogP contribution in [-0.4, -0.2) is 5.11 Å². The third-order valence-electron chi connectivity index (χ3n) is 1.53. The van der Waals surface area contributed by atoms with Crippen molar-refractivity contribution in [3.8, 4) is 0 Å². The van der Waals surface area contributed by atoms with E-state index >= 15 is 0 Å². The van der Waals surface area contributed by atoms with E-state index < -0.39 is 0 Å². The lowest BCUT2D eigenvalue weighted by molar-refractivity contribution is 0.421. The Kier molecular flexibility index (Phi) is 1.81. The predicted octanol–water partition coefficient (Wildman–Crippen LogP) is 1.62. The van der Waals surface area contributed by atoms with Gasteiger partial charge in [0.1, 0.15) is 5.76 Å². The van der Waals surface area contributed by atoms with E-state index in [4.69, 9.17) is 5.73 Å². The van der Waals surface area contributed by atoms with Crippen molar-refractivity contribution in [1.82, 2.24) is 0 Å². The monoisotopic (exact) mass is 137 g/mol. The zero-order chi connectivity index (χ0) is 7.56. The van der Waals surface area contributed by atoms with Gasteiger partial charge in [-0.05, 0) is 18.9 Å². The van der Waals surface area contributed by atoms with E-state index in [1.165, 1.54) is 0 Å². The third-order valence-corrected chi connectivity index (χ3v) is 1.53. The Labute approximate surface area is 60.4 Å². The molecule has 2 nitrogen and oxygen atoms in total. The molecule has 0 aromatic carbocycles. The number of allylic oxidation sites excluding steroid dienone is 3. The molecule has 0 bridgehead atoms. The molecule has 0 atom stereocenters. The number of aliphatic hydroxyl groups excluding tert-OH is 1. The Morgan fingerprint density at radius 2 is 2.40 bits per heavy atom. The molecule has 0 saturated heterocycles. The summed E-state index contributed by atoms with van der Waals surface area (Å²) in [5.74, 6) is 0.263. The minimum Gasteiger partial charge on any atom is -0.508 e. The molecule has 54 valence electrons. The van der Waals surface area contributed by atoms with Crippen molar-refractivity contribution in [3.05, 3.63) is 35.8 Å². The fraction of sp³-hybridized carbons (Fsp3) is 0.250. The first-order chi connectivity index (χ1) is 4.72. The second kappa shape index (κ2) is 2.60. The predicted molar refractivity (Wildman–Crippen MR) is 41.4 cm³/mol. The second-order valence-corrected chi connectivity index (χ2v) is 2.33. The molecule has 0 aromatic rings. The molecule has 0 unspecified atom stereocenters. The van der Waals surface area contributed by atoms with E-state index in [0.29, 0.717) is 5.70 Å². The molecule has 0 spiro atoms. The first-order valence-corrected chi connectivity index (χ1v) is 3.25. The molecular weight excluding hydrogens is 126 g/mol. The molecule has 0 heterocycles. The first-order valence-electron chi connectivity index (χ1n) is 3.25. The van der Waals surface area contributed by atoms with Crippen LogP contribution in [0.25, 0.3) is 0 Å². The Bertz CT molecular complexity index is 213. The van der Waals surface area contributed by atoms with Crippen LogP contribution in [0.15, 0.2) is 35.8 Å². The summed E-state index contributed by atoms with van der Waals surface area (Å²) >= 11 is 0. The van der Waals surface area contributed by atoms with E-state index in [2.05, 4.69) is 6.58 Å². The first kappa shape index (κ1) is 6.93. The fourth-order valence-corrected chi connectivity index (χ4v) is 0.976. The lowest BCUT2D eigenvalue weighted by atomic mass is 10.0. The molecule has 0 aliphatic heterocycles. The number of nitrogens with two attached hydrogens (primary N) is 1. The summed E-state index contributed by atoms with van der Waals surface area (Å²) in [6, 6.07) is 0. The normalized spacial score (nSPS) is 17.6. The molecule has 0 amide bonds. The van der Waals surface area contributed by atoms with Crippen LogP contribution in [0.3, 0.4) is 0 Å². The molecule has 1 aliphatic rings. The maximum absolute atomic E-state index is 9.19. The van der Waals surface area contributed by atoms with Gasteiger partial charge in [-0.2, -0.15) is 0 Å². The minimum absolute atomic E-state index is 0.263. The zero-order valence-electron chi connectivity index (χ0n) is 5.80. The quantitative estimate of drug-likeness (QED) is 0.577. The van der Waals surface area contributed by atoms with Crippen molar-refractivity contribution >= 4 is 0 Å². The Morgan fingerprint density at radius 1 is 1.70 bits per heavy atom. The summed E-state index contributed by atoms with van der Waals surface area (Å²) < 4.78 is 0. The van der Waals surface area contributed by atoms with Gasteiger partial charge in [-0.25, -0.2) is 0 Å². The molecule has 3 N–H and O–H groups in total. The van der Waals surface area contributed by atoms with E-state index in [1.807, 2.05) is 6.08 Å². The summed E-state index contributed by atoms with van der Waals surface area (Å²) in [6.07, 6.45) is 5.33. The molecule has 1 rings (SSSR count). The van der Waals surface area contributed by atoms with Crippen molar-refractivity contribution in [3.63, 3.8) is 0 Å². The molecule has 1 aliphatic carbocycles. The summed E-state index contributed by atoms with van der Waals surface area (Å²) in [5, 5.41) is 9.19. The lowest BCUT2D eigenvalue weighted by Gasteiger charge is -2.10. The van der Waals surface area contributed by atoms with Crippen LogP contribution >= 0.6 is 0 Å². The van der Waals surface area contributed by atoms with Crippen LogP contribution in [-0.2, 0) is 0 Å². The van der Waals surface area contributed by atoms with Crippen LogP contribution in [0.4, 0.5) is 0 Å². The van der Waals surface area contributed by atoms with Crippen LogP contribution in [0.2, 0.25) is 0 Å². The smallest absolute Gasteiger partial charge is 0.120 e. The number of rotatable bonds is 1. The van der Waals surface area contributed by atoms with Gasteiger partial charge < -0.3 is 10.8 Å². The average molecular weight is 137 g/mol. The van der Waals surface area contributed by atoms with Crippen molar-refractivity contribution in [1.29, 1.82) is 0 Å². The summed E-state index contributed by atoms with van der Waals surface area (Å²) in [4.78, 5) is 0. The molecule has 2 heteroatoms. The molecule has 10 heavy (non-hydrogen) atoms. The van der Waals surface area contributed by atoms with Gasteiger partial charge in [0, 0.05) is 11.3 Å². The van der Waals surface area contributed by atoms with Gasteiger partial charge in [-0.15, -0.1) is 0 Å². The highest BCUT2D eigenvalue weighted by Crippen LogP contribution is 2.19. The van der Waals surface area contributed by atoms with Crippen LogP contribution in [0.1, 0.15) is 12.8 Å². The number of aliphatic hydroxyl groups is 1. The SMILES string of the molecule is C=C(N)C1=C(O)C=CCC1. The van der Waals surface area contributed by atoms with Gasteiger partial charge >= 0.3 is 0 Å². The van der Waals surface area contributed by atoms with Gasteiger partial charge in [0.15, 0.2) is 0 Å². The Balaban J connectivity index is 2.89. The molecule has 0 fully saturated rings. The van der Waals surface area contributed by atoms with E-state index in [-0.39, 0.29) is 5.76 Å². The van der Waals surface area contributed by atoms with Crippen molar-refractivity contribution in [2.45, 2.75) is 12.8 Å². The van der Waals surface area contributed by atoms with Gasteiger partial charge in [-0.1, -0.05) is 12.7 Å². The van der Waals surface area contributed by atoms with E-state index in [0.717, 1.165) is 18.4 Å². The summed E-state index contributed by atoms with van der Waals surface area (Å²) in [6.45, 7) is 3.56. The molecule has 0 saturated carbocycles. The van der Waals surface area contributed by atoms with Crippen LogP contribution in [0, 0.1) is 0 Å². The van der Waals surface area contributed by atoms with Crippen molar-refractivity contribution in [2.24, 2.45) is 5.73 Å². The van der Waals surface area contributed by atoms with E-state index in [9.17, 15) is 5.11 Å². The number of hydrogen-bond acceptors (Lipinski definition) is 2. The largest absolute Gasteiger partial charge is 0.508 e. The maximum Gasteiger partial charge on any atom is 0.120 e. The fourth-order valence-electron chi connectivity index (χ4n) is 0.976. The molecule has 0 aromatic heterocycles. The maximum atomic E-state index is 9.19. The van der Waals surface area contributed by atoms with Crippen molar-refractivity contribution < 1.29 is 5.11 Å². The van der Waals surface area contributed by atoms with Crippen LogP contribution < -0.4 is 5.73 Å². The lowest BCUT2D eigenvalue weighted by Crippen LogP contribution is -2.04. The Hall–Kier alpha value is -1.18. The highest BCUT2D eigenvalue weighted by Gasteiger charge is 2.07. The molecule has 0 radical (unpaired) electrons. The second-order valence-electron chi connectivity index (χ2n) is 2.33. The van der Waals surface area contributed by atoms with Gasteiger partial charge in [0.2, 0.25) is 0 Å². The standard InChI is InChI=1S/C8H11NO/c1-6(9)7-4-2-3-5-8(7)10/h3,5,10H,1-2,4,9H2. The summed E-state index contributed by atoms with van der Waals surface area (Å²) in [7, 11) is 0. The van der Waals surface area contributed by atoms with E-state index in [1.54, 1.807) is 6.08 Å². The highest BCUT2D eigenvalue weighted by molar-refractivity contribution is 5.35. The highest BCUT2D eigenvalue weighted by atomic mass is 16.3. The summed E-state index contributed by atoms with van der Waals surface area (Å²) in [5.41, 5.74) is 6.67. The van der Waals surface area contributed by atoms with Gasteiger partial charge in [-0.3, -0.25) is 0 Å². The Morgan fingerprint density at radius 3 is 2.80 bits per heavy atom. The minimum atomic E-state index is 0.263. The number of hydrogen-bond donors (Lipinski definition) is 2. The zero-order valence-corrected chi connectivity index (χ0v) is 5.80. The van der Waals surface area contributed by atoms with Crippen molar-refractivity contribution in [2.75, 3.05) is 0 Å². The van der Waals surface area contributed by atoms with Gasteiger partial charge in [0.05, 0.1) is 0 Å². The molecular formula is C8H11NO. The van der Waals surface area contributed by atoms with Crippen LogP contribution in [0.5, 0.6) is 0 Å². The topological polar surface area (TPSA) is 46.2 Å². The van der Waals surface area contributed by atoms with Gasteiger partial charge in [0.25, 0.3) is 0 Å².